The summed E-state index contributed by atoms with van der Waals surface area (Å²) < 4.78 is 5.30. The molecule has 1 N–H and O–H groups in total. The molecule has 4 heteroatoms. The van der Waals surface area contributed by atoms with E-state index in [9.17, 15) is 5.11 Å². The molecule has 0 fully saturated rings. The fraction of sp³-hybridized carbons (Fsp3) is 0.350. The maximum Gasteiger partial charge on any atom is 0.153 e. The van der Waals surface area contributed by atoms with Crippen LogP contribution in [0.2, 0.25) is 0 Å². The lowest BCUT2D eigenvalue weighted by Crippen LogP contribution is -2.25. The molecule has 24 heavy (non-hydrogen) atoms. The molecular formula is C20H26N2O2. The molecule has 0 bridgehead atoms. The number of benzene rings is 1. The second kappa shape index (κ2) is 8.50. The van der Waals surface area contributed by atoms with E-state index in [0.29, 0.717) is 5.92 Å². The van der Waals surface area contributed by atoms with Crippen LogP contribution in [-0.4, -0.2) is 28.6 Å². The number of fused-ring (bicyclic) bond motifs is 1. The van der Waals surface area contributed by atoms with Crippen molar-refractivity contribution < 1.29 is 9.84 Å². The molecular weight excluding hydrogens is 300 g/mol. The largest absolute Gasteiger partial charge is 0.497 e. The Balaban J connectivity index is 2.26. The minimum atomic E-state index is -0.768. The van der Waals surface area contributed by atoms with Crippen LogP contribution < -0.4 is 4.74 Å². The van der Waals surface area contributed by atoms with Crippen molar-refractivity contribution >= 4 is 10.9 Å². The predicted octanol–water partition coefficient (Wildman–Crippen LogP) is 4.28. The summed E-state index contributed by atoms with van der Waals surface area (Å²) in [6, 6.07) is 7.52. The zero-order chi connectivity index (χ0) is 17.5. The lowest BCUT2D eigenvalue weighted by atomic mass is 10.0. The number of ether oxygens (including phenoxy) is 1. The van der Waals surface area contributed by atoms with E-state index >= 15 is 0 Å². The standard InChI is InChI=1S/C20H26N2O2/c1-5-7-15(3)11-13-22(6-2)20(23)17-10-12-21-19-9-8-16(24-4)14-18(17)19/h5-6,8-10,12,14-15,20,23H,1-2,7,11,13H2,3-4H3. The van der Waals surface area contributed by atoms with E-state index in [2.05, 4.69) is 25.1 Å². The molecule has 0 spiro atoms. The number of hydrogen-bond donors (Lipinski definition) is 1. The first-order valence-corrected chi connectivity index (χ1v) is 8.20. The Morgan fingerprint density at radius 3 is 2.79 bits per heavy atom. The van der Waals surface area contributed by atoms with Crippen molar-refractivity contribution in [3.05, 3.63) is 61.5 Å². The molecule has 0 radical (unpaired) electrons. The third kappa shape index (κ3) is 4.15. The van der Waals surface area contributed by atoms with E-state index in [0.717, 1.165) is 41.6 Å². The molecule has 0 aliphatic rings. The Labute approximate surface area is 144 Å². The van der Waals surface area contributed by atoms with Crippen LogP contribution in [0.3, 0.4) is 0 Å². The zero-order valence-corrected chi connectivity index (χ0v) is 14.5. The number of rotatable bonds is 9. The fourth-order valence-electron chi connectivity index (χ4n) is 2.76. The third-order valence-electron chi connectivity index (χ3n) is 4.26. The molecule has 2 aromatic rings. The third-order valence-corrected chi connectivity index (χ3v) is 4.26. The van der Waals surface area contributed by atoms with E-state index in [4.69, 9.17) is 4.74 Å². The van der Waals surface area contributed by atoms with Crippen LogP contribution in [0.5, 0.6) is 5.75 Å². The highest BCUT2D eigenvalue weighted by atomic mass is 16.5. The smallest absolute Gasteiger partial charge is 0.153 e. The molecule has 2 atom stereocenters. The van der Waals surface area contributed by atoms with Crippen LogP contribution in [0.25, 0.3) is 10.9 Å². The highest BCUT2D eigenvalue weighted by molar-refractivity contribution is 5.83. The first kappa shape index (κ1) is 18.0. The van der Waals surface area contributed by atoms with Gasteiger partial charge in [0.25, 0.3) is 0 Å². The summed E-state index contributed by atoms with van der Waals surface area (Å²) in [5.41, 5.74) is 1.63. The van der Waals surface area contributed by atoms with Crippen molar-refractivity contribution in [1.29, 1.82) is 0 Å². The quantitative estimate of drug-likeness (QED) is 0.552. The van der Waals surface area contributed by atoms with E-state index < -0.39 is 6.23 Å². The highest BCUT2D eigenvalue weighted by Gasteiger charge is 2.18. The van der Waals surface area contributed by atoms with E-state index in [1.807, 2.05) is 35.2 Å². The van der Waals surface area contributed by atoms with Crippen LogP contribution in [0.4, 0.5) is 0 Å². The molecule has 0 saturated heterocycles. The second-order valence-electron chi connectivity index (χ2n) is 6.00. The summed E-state index contributed by atoms with van der Waals surface area (Å²) in [7, 11) is 1.63. The van der Waals surface area contributed by atoms with E-state index in [-0.39, 0.29) is 0 Å². The lowest BCUT2D eigenvalue weighted by Gasteiger charge is -2.28. The molecule has 1 aromatic carbocycles. The summed E-state index contributed by atoms with van der Waals surface area (Å²) in [6.45, 7) is 10.5. The number of nitrogens with zero attached hydrogens (tertiary/aromatic N) is 2. The Hall–Kier alpha value is -2.33. The van der Waals surface area contributed by atoms with Gasteiger partial charge in [-0.3, -0.25) is 4.98 Å². The van der Waals surface area contributed by atoms with Crippen LogP contribution in [0.15, 0.2) is 55.9 Å². The Kier molecular flexibility index (Phi) is 6.38. The molecule has 0 saturated carbocycles. The Morgan fingerprint density at radius 1 is 1.33 bits per heavy atom. The van der Waals surface area contributed by atoms with Gasteiger partial charge in [-0.1, -0.05) is 19.6 Å². The fourth-order valence-corrected chi connectivity index (χ4v) is 2.76. The van der Waals surface area contributed by atoms with Crippen molar-refractivity contribution in [3.8, 4) is 5.75 Å². The summed E-state index contributed by atoms with van der Waals surface area (Å²) in [5, 5.41) is 11.7. The maximum atomic E-state index is 10.9. The average molecular weight is 326 g/mol. The van der Waals surface area contributed by atoms with Gasteiger partial charge in [0.2, 0.25) is 0 Å². The van der Waals surface area contributed by atoms with Crippen molar-refractivity contribution in [3.63, 3.8) is 0 Å². The minimum Gasteiger partial charge on any atom is -0.497 e. The summed E-state index contributed by atoms with van der Waals surface area (Å²) >= 11 is 0. The monoisotopic (exact) mass is 326 g/mol. The number of aliphatic hydroxyl groups is 1. The van der Waals surface area contributed by atoms with E-state index in [1.54, 1.807) is 19.5 Å². The number of methoxy groups -OCH3 is 1. The SMILES string of the molecule is C=CCC(C)CCN(C=C)C(O)c1ccnc2ccc(OC)cc12. The van der Waals surface area contributed by atoms with Crippen molar-refractivity contribution in [2.75, 3.05) is 13.7 Å². The summed E-state index contributed by atoms with van der Waals surface area (Å²) in [6.07, 6.45) is 6.50. The van der Waals surface area contributed by atoms with Crippen molar-refractivity contribution in [1.82, 2.24) is 9.88 Å². The zero-order valence-electron chi connectivity index (χ0n) is 14.5. The van der Waals surface area contributed by atoms with Crippen LogP contribution in [0, 0.1) is 5.92 Å². The first-order chi connectivity index (χ1) is 11.6. The van der Waals surface area contributed by atoms with Gasteiger partial charge in [0, 0.05) is 23.7 Å². The van der Waals surface area contributed by atoms with Gasteiger partial charge in [-0.25, -0.2) is 0 Å². The van der Waals surface area contributed by atoms with Gasteiger partial charge in [-0.15, -0.1) is 6.58 Å². The molecule has 1 heterocycles. The molecule has 0 aliphatic carbocycles. The van der Waals surface area contributed by atoms with Gasteiger partial charge in [0.1, 0.15) is 5.75 Å². The molecule has 2 unspecified atom stereocenters. The molecule has 0 aliphatic heterocycles. The lowest BCUT2D eigenvalue weighted by molar-refractivity contribution is 0.0350. The first-order valence-electron chi connectivity index (χ1n) is 8.20. The average Bonchev–Trinajstić information content (AvgIpc) is 2.61. The molecule has 128 valence electrons. The molecule has 4 nitrogen and oxygen atoms in total. The van der Waals surface area contributed by atoms with Crippen molar-refractivity contribution in [2.24, 2.45) is 5.92 Å². The number of allylic oxidation sites excluding steroid dienone is 1. The van der Waals surface area contributed by atoms with Gasteiger partial charge >= 0.3 is 0 Å². The van der Waals surface area contributed by atoms with E-state index in [1.165, 1.54) is 0 Å². The predicted molar refractivity (Wildman–Crippen MR) is 98.8 cm³/mol. The van der Waals surface area contributed by atoms with Gasteiger partial charge in [0.05, 0.1) is 12.6 Å². The van der Waals surface area contributed by atoms with Crippen molar-refractivity contribution in [2.45, 2.75) is 26.0 Å². The normalized spacial score (nSPS) is 13.3. The summed E-state index contributed by atoms with van der Waals surface area (Å²) in [5.74, 6) is 1.26. The minimum absolute atomic E-state index is 0.520. The Bertz CT molecular complexity index is 699. The van der Waals surface area contributed by atoms with Gasteiger partial charge in [-0.2, -0.15) is 0 Å². The second-order valence-corrected chi connectivity index (χ2v) is 6.00. The molecule has 1 aromatic heterocycles. The van der Waals surface area contributed by atoms with Crippen LogP contribution in [0.1, 0.15) is 31.6 Å². The van der Waals surface area contributed by atoms with Gasteiger partial charge in [0.15, 0.2) is 6.23 Å². The maximum absolute atomic E-state index is 10.9. The molecule has 0 amide bonds. The topological polar surface area (TPSA) is 45.6 Å². The van der Waals surface area contributed by atoms with Gasteiger partial charge in [-0.05, 0) is 49.2 Å². The number of pyridine rings is 1. The highest BCUT2D eigenvalue weighted by Crippen LogP contribution is 2.29. The summed E-state index contributed by atoms with van der Waals surface area (Å²) in [4.78, 5) is 6.22. The molecule has 2 rings (SSSR count). The number of hydrogen-bond acceptors (Lipinski definition) is 4. The number of aromatic nitrogens is 1. The van der Waals surface area contributed by atoms with Crippen LogP contribution >= 0.6 is 0 Å². The van der Waals surface area contributed by atoms with Gasteiger partial charge < -0.3 is 14.7 Å². The number of aliphatic hydroxyl groups excluding tert-OH is 1. The van der Waals surface area contributed by atoms with Crippen LogP contribution in [-0.2, 0) is 0 Å². The Morgan fingerprint density at radius 2 is 2.12 bits per heavy atom.